The largest absolute Gasteiger partial charge is 0.343 e. The maximum Gasteiger partial charge on any atom is 0.251 e. The fourth-order valence-corrected chi connectivity index (χ4v) is 3.03. The van der Waals surface area contributed by atoms with Gasteiger partial charge in [0.15, 0.2) is 0 Å². The Morgan fingerprint density at radius 3 is 2.57 bits per heavy atom. The first kappa shape index (κ1) is 17.2. The number of likely N-dealkylation sites (N-methyl/N-ethyl adjacent to an activating group) is 1. The SMILES string of the molecule is Cc1ccc(C(=O)NCC(=O)N(C)C(C)c2cccs2)cc1C. The summed E-state index contributed by atoms with van der Waals surface area (Å²) in [5.41, 5.74) is 2.78. The molecule has 1 N–H and O–H groups in total. The van der Waals surface area contributed by atoms with Crippen molar-refractivity contribution in [1.29, 1.82) is 0 Å². The zero-order valence-electron chi connectivity index (χ0n) is 13.9. The number of thiophene rings is 1. The molecule has 0 fully saturated rings. The van der Waals surface area contributed by atoms with Crippen LogP contribution >= 0.6 is 11.3 Å². The van der Waals surface area contributed by atoms with Crippen LogP contribution in [0.1, 0.15) is 39.3 Å². The third kappa shape index (κ3) is 4.20. The number of amides is 2. The first-order valence-electron chi connectivity index (χ1n) is 7.54. The molecule has 1 atom stereocenters. The quantitative estimate of drug-likeness (QED) is 0.914. The Morgan fingerprint density at radius 2 is 1.96 bits per heavy atom. The third-order valence-electron chi connectivity index (χ3n) is 4.10. The normalized spacial score (nSPS) is 11.8. The van der Waals surface area contributed by atoms with Gasteiger partial charge in [-0.1, -0.05) is 12.1 Å². The average molecular weight is 330 g/mol. The topological polar surface area (TPSA) is 49.4 Å². The molecule has 1 aromatic carbocycles. The van der Waals surface area contributed by atoms with Crippen molar-refractivity contribution >= 4 is 23.2 Å². The second kappa shape index (κ2) is 7.42. The second-order valence-corrected chi connectivity index (χ2v) is 6.66. The Bertz CT molecular complexity index is 695. The number of nitrogens with zero attached hydrogens (tertiary/aromatic N) is 1. The van der Waals surface area contributed by atoms with Gasteiger partial charge in [0.05, 0.1) is 12.6 Å². The summed E-state index contributed by atoms with van der Waals surface area (Å²) in [5, 5.41) is 4.69. The molecule has 0 radical (unpaired) electrons. The molecular formula is C18H22N2O2S. The van der Waals surface area contributed by atoms with E-state index in [1.165, 1.54) is 0 Å². The standard InChI is InChI=1S/C18H22N2O2S/c1-12-7-8-15(10-13(12)2)18(22)19-11-17(21)20(4)14(3)16-6-5-9-23-16/h5-10,14H,11H2,1-4H3,(H,19,22). The summed E-state index contributed by atoms with van der Waals surface area (Å²) in [6, 6.07) is 9.51. The first-order chi connectivity index (χ1) is 10.9. The van der Waals surface area contributed by atoms with E-state index in [0.717, 1.165) is 16.0 Å². The summed E-state index contributed by atoms with van der Waals surface area (Å²) in [6.45, 7) is 5.95. The van der Waals surface area contributed by atoms with Crippen LogP contribution in [0.15, 0.2) is 35.7 Å². The zero-order chi connectivity index (χ0) is 17.0. The zero-order valence-corrected chi connectivity index (χ0v) is 14.7. The summed E-state index contributed by atoms with van der Waals surface area (Å²) >= 11 is 1.62. The van der Waals surface area contributed by atoms with Crippen molar-refractivity contribution in [2.24, 2.45) is 0 Å². The predicted molar refractivity (Wildman–Crippen MR) is 93.8 cm³/mol. The van der Waals surface area contributed by atoms with Crippen molar-refractivity contribution < 1.29 is 9.59 Å². The maximum atomic E-state index is 12.3. The van der Waals surface area contributed by atoms with Crippen molar-refractivity contribution in [3.63, 3.8) is 0 Å². The lowest BCUT2D eigenvalue weighted by Gasteiger charge is -2.24. The van der Waals surface area contributed by atoms with Gasteiger partial charge in [-0.2, -0.15) is 0 Å². The van der Waals surface area contributed by atoms with E-state index in [4.69, 9.17) is 0 Å². The van der Waals surface area contributed by atoms with Crippen LogP contribution in [0.25, 0.3) is 0 Å². The van der Waals surface area contributed by atoms with Crippen LogP contribution in [-0.4, -0.2) is 30.3 Å². The minimum Gasteiger partial charge on any atom is -0.343 e. The highest BCUT2D eigenvalue weighted by Crippen LogP contribution is 2.23. The molecule has 0 saturated heterocycles. The Balaban J connectivity index is 1.93. The highest BCUT2D eigenvalue weighted by atomic mass is 32.1. The number of hydrogen-bond acceptors (Lipinski definition) is 3. The Morgan fingerprint density at radius 1 is 1.22 bits per heavy atom. The van der Waals surface area contributed by atoms with Crippen molar-refractivity contribution in [3.05, 3.63) is 57.3 Å². The van der Waals surface area contributed by atoms with Gasteiger partial charge in [0.2, 0.25) is 5.91 Å². The fraction of sp³-hybridized carbons (Fsp3) is 0.333. The van der Waals surface area contributed by atoms with Gasteiger partial charge in [0.25, 0.3) is 5.91 Å². The van der Waals surface area contributed by atoms with Crippen LogP contribution in [0.3, 0.4) is 0 Å². The van der Waals surface area contributed by atoms with E-state index in [0.29, 0.717) is 5.56 Å². The molecule has 1 unspecified atom stereocenters. The minimum absolute atomic E-state index is 0.000946. The van der Waals surface area contributed by atoms with E-state index in [9.17, 15) is 9.59 Å². The van der Waals surface area contributed by atoms with Crippen molar-refractivity contribution in [1.82, 2.24) is 10.2 Å². The molecular weight excluding hydrogens is 308 g/mol. The number of hydrogen-bond donors (Lipinski definition) is 1. The van der Waals surface area contributed by atoms with Crippen molar-refractivity contribution in [2.75, 3.05) is 13.6 Å². The molecule has 0 bridgehead atoms. The van der Waals surface area contributed by atoms with Gasteiger partial charge in [-0.3, -0.25) is 9.59 Å². The minimum atomic E-state index is -0.223. The van der Waals surface area contributed by atoms with Gasteiger partial charge in [0, 0.05) is 17.5 Å². The first-order valence-corrected chi connectivity index (χ1v) is 8.42. The molecule has 4 nitrogen and oxygen atoms in total. The van der Waals surface area contributed by atoms with Gasteiger partial charge in [0.1, 0.15) is 0 Å². The van der Waals surface area contributed by atoms with Crippen LogP contribution in [0.4, 0.5) is 0 Å². The van der Waals surface area contributed by atoms with E-state index in [1.54, 1.807) is 29.4 Å². The van der Waals surface area contributed by atoms with E-state index in [2.05, 4.69) is 5.32 Å². The molecule has 122 valence electrons. The van der Waals surface area contributed by atoms with E-state index in [1.807, 2.05) is 50.4 Å². The van der Waals surface area contributed by atoms with Gasteiger partial charge in [-0.05, 0) is 55.5 Å². The summed E-state index contributed by atoms with van der Waals surface area (Å²) in [6.07, 6.45) is 0. The number of carbonyl (C=O) groups excluding carboxylic acids is 2. The molecule has 1 aromatic heterocycles. The predicted octanol–water partition coefficient (Wildman–Crippen LogP) is 3.31. The van der Waals surface area contributed by atoms with Gasteiger partial charge in [-0.25, -0.2) is 0 Å². The highest BCUT2D eigenvalue weighted by Gasteiger charge is 2.18. The van der Waals surface area contributed by atoms with Gasteiger partial charge >= 0.3 is 0 Å². The van der Waals surface area contributed by atoms with Gasteiger partial charge < -0.3 is 10.2 Å². The molecule has 0 spiro atoms. The fourth-order valence-electron chi connectivity index (χ4n) is 2.20. The number of carbonyl (C=O) groups is 2. The molecule has 0 saturated carbocycles. The summed E-state index contributed by atoms with van der Waals surface area (Å²) in [7, 11) is 1.76. The van der Waals surface area contributed by atoms with Crippen molar-refractivity contribution in [2.45, 2.75) is 26.8 Å². The number of aryl methyl sites for hydroxylation is 2. The lowest BCUT2D eigenvalue weighted by Crippen LogP contribution is -2.39. The van der Waals surface area contributed by atoms with Crippen LogP contribution in [0.5, 0.6) is 0 Å². The second-order valence-electron chi connectivity index (χ2n) is 5.68. The van der Waals surface area contributed by atoms with Crippen LogP contribution in [0.2, 0.25) is 0 Å². The lowest BCUT2D eigenvalue weighted by atomic mass is 10.1. The third-order valence-corrected chi connectivity index (χ3v) is 5.14. The number of rotatable bonds is 5. The molecule has 0 aliphatic heterocycles. The van der Waals surface area contributed by atoms with Crippen molar-refractivity contribution in [3.8, 4) is 0 Å². The lowest BCUT2D eigenvalue weighted by molar-refractivity contribution is -0.130. The Labute approximate surface area is 141 Å². The van der Waals surface area contributed by atoms with Crippen LogP contribution in [-0.2, 0) is 4.79 Å². The monoisotopic (exact) mass is 330 g/mol. The average Bonchev–Trinajstić information content (AvgIpc) is 3.07. The molecule has 2 rings (SSSR count). The van der Waals surface area contributed by atoms with Crippen LogP contribution < -0.4 is 5.32 Å². The summed E-state index contributed by atoms with van der Waals surface area (Å²) in [4.78, 5) is 27.2. The smallest absolute Gasteiger partial charge is 0.251 e. The highest BCUT2D eigenvalue weighted by molar-refractivity contribution is 7.10. The maximum absolute atomic E-state index is 12.3. The van der Waals surface area contributed by atoms with Gasteiger partial charge in [-0.15, -0.1) is 11.3 Å². The summed E-state index contributed by atoms with van der Waals surface area (Å²) in [5.74, 6) is -0.332. The summed E-state index contributed by atoms with van der Waals surface area (Å²) < 4.78 is 0. The number of benzene rings is 1. The van der Waals surface area contributed by atoms with E-state index >= 15 is 0 Å². The Hall–Kier alpha value is -2.14. The molecule has 2 amide bonds. The van der Waals surface area contributed by atoms with E-state index < -0.39 is 0 Å². The van der Waals surface area contributed by atoms with E-state index in [-0.39, 0.29) is 24.4 Å². The molecule has 2 aromatic rings. The molecule has 5 heteroatoms. The molecule has 23 heavy (non-hydrogen) atoms. The number of nitrogens with one attached hydrogen (secondary N) is 1. The Kier molecular flexibility index (Phi) is 5.55. The molecule has 0 aliphatic carbocycles. The molecule has 0 aliphatic rings. The molecule has 1 heterocycles. The van der Waals surface area contributed by atoms with Crippen LogP contribution in [0, 0.1) is 13.8 Å².